The van der Waals surface area contributed by atoms with Gasteiger partial charge in [0, 0.05) is 37.1 Å². The molecule has 0 aromatic carbocycles. The summed E-state index contributed by atoms with van der Waals surface area (Å²) in [5.74, 6) is 2.69. The maximum Gasteiger partial charge on any atom is 0.264 e. The number of hydrogen-bond acceptors (Lipinski definition) is 12. The Morgan fingerprint density at radius 1 is 0.571 bits per heavy atom. The predicted octanol–water partition coefficient (Wildman–Crippen LogP) is 2.74. The van der Waals surface area contributed by atoms with E-state index < -0.39 is 20.2 Å². The molecule has 2 N–H and O–H groups in total. The maximum absolute atomic E-state index is 10.7. The van der Waals surface area contributed by atoms with Gasteiger partial charge in [0.25, 0.3) is 20.2 Å². The van der Waals surface area contributed by atoms with Crippen LogP contribution in [0.5, 0.6) is 0 Å². The summed E-state index contributed by atoms with van der Waals surface area (Å²) in [7, 11) is -3.99. The number of rotatable bonds is 18. The highest BCUT2D eigenvalue weighted by atomic mass is 32.2. The van der Waals surface area contributed by atoms with Crippen molar-refractivity contribution in [2.75, 3.05) is 34.5 Å². The number of hydrogen-bond donors (Lipinski definition) is 2. The molecule has 0 amide bonds. The van der Waals surface area contributed by atoms with Gasteiger partial charge in [-0.2, -0.15) is 16.8 Å². The summed E-state index contributed by atoms with van der Waals surface area (Å²) in [6, 6.07) is 0. The molecule has 0 fully saturated rings. The molecule has 0 bridgehead atoms. The van der Waals surface area contributed by atoms with Crippen molar-refractivity contribution in [3.8, 4) is 0 Å². The topological polar surface area (TPSA) is 170 Å². The number of nitrogens with zero attached hydrogens (tertiary/aromatic N) is 6. The highest BCUT2D eigenvalue weighted by Crippen LogP contribution is 2.26. The molecule has 2 aromatic rings. The van der Waals surface area contributed by atoms with E-state index in [1.54, 1.807) is 23.5 Å². The van der Waals surface area contributed by atoms with Crippen LogP contribution >= 0.6 is 47.0 Å². The molecule has 2 heterocycles. The van der Waals surface area contributed by atoms with Gasteiger partial charge in [0.1, 0.15) is 0 Å². The summed E-state index contributed by atoms with van der Waals surface area (Å²) in [4.78, 5) is 0. The molecule has 18 heteroatoms. The molecule has 0 aliphatic rings. The minimum atomic E-state index is -3.90. The highest BCUT2D eigenvalue weighted by molar-refractivity contribution is 8.00. The van der Waals surface area contributed by atoms with Crippen LogP contribution in [0, 0.1) is 0 Å². The Labute approximate surface area is 223 Å². The van der Waals surface area contributed by atoms with Crippen LogP contribution in [0.1, 0.15) is 32.1 Å². The third-order valence-corrected chi connectivity index (χ3v) is 10.4. The van der Waals surface area contributed by atoms with Crippen molar-refractivity contribution in [1.29, 1.82) is 0 Å². The van der Waals surface area contributed by atoms with Crippen LogP contribution in [0.3, 0.4) is 0 Å². The molecule has 12 nitrogen and oxygen atoms in total. The second-order valence-electron chi connectivity index (χ2n) is 7.38. The number of unbranched alkanes of at least 4 members (excludes halogenated alkanes) is 2. The Hall–Kier alpha value is -0.500. The van der Waals surface area contributed by atoms with Gasteiger partial charge in [0.15, 0.2) is 20.6 Å². The first-order valence-corrected chi connectivity index (χ1v) is 17.8. The van der Waals surface area contributed by atoms with E-state index >= 15 is 0 Å². The smallest absolute Gasteiger partial charge is 0.264 e. The predicted molar refractivity (Wildman–Crippen MR) is 141 cm³/mol. The molecule has 0 atom stereocenters. The van der Waals surface area contributed by atoms with Crippen molar-refractivity contribution < 1.29 is 25.9 Å². The van der Waals surface area contributed by atoms with E-state index in [1.807, 2.05) is 23.2 Å². The molecular weight excluding hydrogens is 577 g/mol. The lowest BCUT2D eigenvalue weighted by atomic mass is 10.4. The molecule has 35 heavy (non-hydrogen) atoms. The van der Waals surface area contributed by atoms with E-state index in [9.17, 15) is 16.8 Å². The van der Waals surface area contributed by atoms with Crippen molar-refractivity contribution in [2.45, 2.75) is 52.7 Å². The van der Waals surface area contributed by atoms with Crippen molar-refractivity contribution in [1.82, 2.24) is 29.5 Å². The monoisotopic (exact) mass is 606 g/mol. The summed E-state index contributed by atoms with van der Waals surface area (Å²) >= 11 is 6.26. The Bertz CT molecular complexity index is 1050. The lowest BCUT2D eigenvalue weighted by Crippen LogP contribution is -2.04. The van der Waals surface area contributed by atoms with E-state index in [4.69, 9.17) is 9.11 Å². The van der Waals surface area contributed by atoms with E-state index in [0.717, 1.165) is 38.6 Å². The van der Waals surface area contributed by atoms with Crippen LogP contribution in [-0.2, 0) is 34.3 Å². The molecule has 0 saturated carbocycles. The first-order valence-electron chi connectivity index (χ1n) is 10.7. The van der Waals surface area contributed by atoms with Crippen LogP contribution in [0.2, 0.25) is 0 Å². The average Bonchev–Trinajstić information content (AvgIpc) is 3.28. The number of thioether (sulfide) groups is 4. The molecular formula is C17H30N6O6S6. The van der Waals surface area contributed by atoms with E-state index in [1.165, 1.54) is 23.5 Å². The molecule has 2 aromatic heterocycles. The standard InChI is InChI=1S/C17H30N6O6S6/c1-22-14(30-8-3-5-12-34(24,25)26)18-20-16(22)32-10-7-11-33-17-21-19-15(23(17)2)31-9-4-6-13-35(27,28)29/h3-13H2,1-2H3,(H,24,25,26)(H,27,28,29). The fourth-order valence-electron chi connectivity index (χ4n) is 2.59. The van der Waals surface area contributed by atoms with E-state index in [-0.39, 0.29) is 11.5 Å². The Balaban J connectivity index is 1.63. The normalized spacial score (nSPS) is 12.5. The largest absolute Gasteiger partial charge is 0.300 e. The Kier molecular flexibility index (Phi) is 13.2. The van der Waals surface area contributed by atoms with E-state index in [0.29, 0.717) is 37.2 Å². The molecule has 200 valence electrons. The van der Waals surface area contributed by atoms with Crippen LogP contribution in [-0.4, -0.2) is 90.0 Å². The summed E-state index contributed by atoms with van der Waals surface area (Å²) in [6.45, 7) is 0. The summed E-state index contributed by atoms with van der Waals surface area (Å²) < 4.78 is 64.3. The molecule has 0 saturated heterocycles. The Morgan fingerprint density at radius 3 is 1.14 bits per heavy atom. The molecule has 0 spiro atoms. The fourth-order valence-corrected chi connectivity index (χ4v) is 7.55. The quantitative estimate of drug-likeness (QED) is 0.144. The lowest BCUT2D eigenvalue weighted by molar-refractivity contribution is 0.478. The van der Waals surface area contributed by atoms with Crippen LogP contribution in [0.25, 0.3) is 0 Å². The summed E-state index contributed by atoms with van der Waals surface area (Å²) in [5, 5.41) is 20.0. The zero-order valence-electron chi connectivity index (χ0n) is 19.4. The number of aromatic nitrogens is 6. The lowest BCUT2D eigenvalue weighted by Gasteiger charge is -2.05. The second kappa shape index (κ2) is 15.0. The van der Waals surface area contributed by atoms with Gasteiger partial charge in [-0.05, 0) is 32.1 Å². The van der Waals surface area contributed by atoms with Crippen molar-refractivity contribution in [3.05, 3.63) is 0 Å². The summed E-state index contributed by atoms with van der Waals surface area (Å²) in [6.07, 6.45) is 3.07. The van der Waals surface area contributed by atoms with E-state index in [2.05, 4.69) is 20.4 Å². The fraction of sp³-hybridized carbons (Fsp3) is 0.765. The second-order valence-corrected chi connectivity index (χ2v) is 14.8. The van der Waals surface area contributed by atoms with Gasteiger partial charge >= 0.3 is 0 Å². The minimum Gasteiger partial charge on any atom is -0.300 e. The Morgan fingerprint density at radius 2 is 0.857 bits per heavy atom. The summed E-state index contributed by atoms with van der Waals surface area (Å²) in [5.41, 5.74) is 0. The van der Waals surface area contributed by atoms with Gasteiger partial charge in [-0.15, -0.1) is 20.4 Å². The minimum absolute atomic E-state index is 0.223. The highest BCUT2D eigenvalue weighted by Gasteiger charge is 2.12. The average molecular weight is 607 g/mol. The third kappa shape index (κ3) is 12.5. The zero-order valence-corrected chi connectivity index (χ0v) is 24.3. The van der Waals surface area contributed by atoms with Crippen molar-refractivity contribution in [3.63, 3.8) is 0 Å². The van der Waals surface area contributed by atoms with Crippen LogP contribution in [0.15, 0.2) is 20.6 Å². The first-order chi connectivity index (χ1) is 16.5. The molecule has 0 aliphatic heterocycles. The van der Waals surface area contributed by atoms with Gasteiger partial charge < -0.3 is 9.13 Å². The van der Waals surface area contributed by atoms with Gasteiger partial charge in [-0.25, -0.2) is 0 Å². The zero-order chi connectivity index (χ0) is 25.9. The molecule has 0 aliphatic carbocycles. The molecule has 0 unspecified atom stereocenters. The van der Waals surface area contributed by atoms with Crippen molar-refractivity contribution >= 4 is 67.3 Å². The van der Waals surface area contributed by atoms with Gasteiger partial charge in [0.2, 0.25) is 0 Å². The van der Waals surface area contributed by atoms with Crippen LogP contribution < -0.4 is 0 Å². The third-order valence-electron chi connectivity index (χ3n) is 4.40. The van der Waals surface area contributed by atoms with Gasteiger partial charge in [0.05, 0.1) is 11.5 Å². The molecule has 0 radical (unpaired) electrons. The van der Waals surface area contributed by atoms with Gasteiger partial charge in [-0.3, -0.25) is 9.11 Å². The SMILES string of the molecule is Cn1c(SCCCCS(=O)(=O)O)nnc1SCCCSc1nnc(SCCCCS(=O)(=O)O)n1C. The first kappa shape index (κ1) is 30.7. The van der Waals surface area contributed by atoms with Crippen LogP contribution in [0.4, 0.5) is 0 Å². The maximum atomic E-state index is 10.7. The van der Waals surface area contributed by atoms with Crippen molar-refractivity contribution in [2.24, 2.45) is 14.1 Å². The van der Waals surface area contributed by atoms with Gasteiger partial charge in [-0.1, -0.05) is 47.0 Å². The molecule has 2 rings (SSSR count).